The fourth-order valence-corrected chi connectivity index (χ4v) is 1.35. The van der Waals surface area contributed by atoms with E-state index in [9.17, 15) is 0 Å². The minimum Gasteiger partial charge on any atom is -0.371 e. The average molecular weight is 185 g/mol. The first kappa shape index (κ1) is 11.0. The van der Waals surface area contributed by atoms with E-state index < -0.39 is 0 Å². The third-order valence-electron chi connectivity index (χ3n) is 2.19. The van der Waals surface area contributed by atoms with Gasteiger partial charge in [-0.2, -0.15) is 0 Å². The summed E-state index contributed by atoms with van der Waals surface area (Å²) in [6.07, 6.45) is 4.18. The predicted molar refractivity (Wildman–Crippen MR) is 55.9 cm³/mol. The minimum absolute atomic E-state index is 0.00803. The Kier molecular flexibility index (Phi) is 3.74. The van der Waals surface area contributed by atoms with Gasteiger partial charge >= 0.3 is 0 Å². The van der Waals surface area contributed by atoms with E-state index in [4.69, 9.17) is 4.74 Å². The molecule has 0 aliphatic heterocycles. The first-order valence-electron chi connectivity index (χ1n) is 5.42. The lowest BCUT2D eigenvalue weighted by Crippen LogP contribution is -2.35. The maximum atomic E-state index is 5.90. The van der Waals surface area contributed by atoms with Gasteiger partial charge in [0.05, 0.1) is 11.7 Å². The minimum atomic E-state index is -0.00803. The van der Waals surface area contributed by atoms with E-state index in [0.717, 1.165) is 19.0 Å². The van der Waals surface area contributed by atoms with Gasteiger partial charge in [0.2, 0.25) is 0 Å². The Labute approximate surface area is 82.0 Å². The van der Waals surface area contributed by atoms with Crippen LogP contribution in [0, 0.1) is 0 Å². The first-order valence-corrected chi connectivity index (χ1v) is 5.42. The van der Waals surface area contributed by atoms with Crippen molar-refractivity contribution in [2.75, 3.05) is 6.54 Å². The average Bonchev–Trinajstić information content (AvgIpc) is 2.78. The summed E-state index contributed by atoms with van der Waals surface area (Å²) in [5.41, 5.74) is -0.00803. The molecule has 1 N–H and O–H groups in total. The predicted octanol–water partition coefficient (Wildman–Crippen LogP) is 2.33. The number of rotatable bonds is 5. The molecule has 2 nitrogen and oxygen atoms in total. The van der Waals surface area contributed by atoms with Gasteiger partial charge in [-0.3, -0.25) is 0 Å². The number of hydrogen-bond acceptors (Lipinski definition) is 2. The second-order valence-electron chi connectivity index (χ2n) is 4.94. The molecular formula is C11H23NO. The topological polar surface area (TPSA) is 21.3 Å². The summed E-state index contributed by atoms with van der Waals surface area (Å²) in [6.45, 7) is 9.55. The molecule has 0 spiro atoms. The van der Waals surface area contributed by atoms with E-state index in [2.05, 4.69) is 33.0 Å². The van der Waals surface area contributed by atoms with Crippen LogP contribution in [0.15, 0.2) is 0 Å². The Hall–Kier alpha value is -0.0800. The molecule has 0 aromatic carbocycles. The second-order valence-corrected chi connectivity index (χ2v) is 4.94. The van der Waals surface area contributed by atoms with Crippen LogP contribution in [-0.2, 0) is 4.74 Å². The summed E-state index contributed by atoms with van der Waals surface area (Å²) in [7, 11) is 0. The van der Waals surface area contributed by atoms with E-state index in [1.54, 1.807) is 0 Å². The van der Waals surface area contributed by atoms with E-state index >= 15 is 0 Å². The van der Waals surface area contributed by atoms with E-state index in [1.165, 1.54) is 12.8 Å². The highest BCUT2D eigenvalue weighted by atomic mass is 16.5. The molecule has 13 heavy (non-hydrogen) atoms. The summed E-state index contributed by atoms with van der Waals surface area (Å²) in [6, 6.07) is 0.789. The van der Waals surface area contributed by atoms with E-state index in [0.29, 0.717) is 6.10 Å². The highest BCUT2D eigenvalue weighted by molar-refractivity contribution is 4.82. The molecule has 0 amide bonds. The summed E-state index contributed by atoms with van der Waals surface area (Å²) in [4.78, 5) is 0. The van der Waals surface area contributed by atoms with Crippen LogP contribution in [0.1, 0.15) is 47.0 Å². The second kappa shape index (κ2) is 4.43. The van der Waals surface area contributed by atoms with Crippen molar-refractivity contribution in [1.82, 2.24) is 5.32 Å². The normalized spacial score (nSPS) is 20.3. The monoisotopic (exact) mass is 185 g/mol. The molecular weight excluding hydrogens is 162 g/mol. The maximum Gasteiger partial charge on any atom is 0.0704 e. The molecule has 78 valence electrons. The van der Waals surface area contributed by atoms with Crippen molar-refractivity contribution >= 4 is 0 Å². The van der Waals surface area contributed by atoms with Crippen molar-refractivity contribution < 1.29 is 4.74 Å². The maximum absolute atomic E-state index is 5.90. The van der Waals surface area contributed by atoms with Crippen molar-refractivity contribution in [3.05, 3.63) is 0 Å². The fourth-order valence-electron chi connectivity index (χ4n) is 1.35. The van der Waals surface area contributed by atoms with Crippen LogP contribution in [0.5, 0.6) is 0 Å². The summed E-state index contributed by atoms with van der Waals surface area (Å²) in [5, 5.41) is 3.51. The molecule has 0 heterocycles. The molecule has 1 aliphatic rings. The van der Waals surface area contributed by atoms with Crippen LogP contribution in [0.3, 0.4) is 0 Å². The van der Waals surface area contributed by atoms with Gasteiger partial charge in [0.1, 0.15) is 0 Å². The first-order chi connectivity index (χ1) is 6.01. The molecule has 0 bridgehead atoms. The van der Waals surface area contributed by atoms with Crippen LogP contribution in [-0.4, -0.2) is 24.3 Å². The number of nitrogens with one attached hydrogen (secondary N) is 1. The van der Waals surface area contributed by atoms with Crippen molar-refractivity contribution in [3.63, 3.8) is 0 Å². The molecule has 1 atom stereocenters. The lowest BCUT2D eigenvalue weighted by atomic mass is 10.1. The summed E-state index contributed by atoms with van der Waals surface area (Å²) >= 11 is 0. The third-order valence-corrected chi connectivity index (χ3v) is 2.19. The Bertz CT molecular complexity index is 147. The molecule has 1 rings (SSSR count). The van der Waals surface area contributed by atoms with Crippen molar-refractivity contribution in [1.29, 1.82) is 0 Å². The van der Waals surface area contributed by atoms with Gasteiger partial charge in [0, 0.05) is 12.6 Å². The molecule has 0 saturated heterocycles. The molecule has 1 aliphatic carbocycles. The molecule has 1 fully saturated rings. The highest BCUT2D eigenvalue weighted by Crippen LogP contribution is 2.19. The van der Waals surface area contributed by atoms with Crippen LogP contribution < -0.4 is 5.32 Å². The van der Waals surface area contributed by atoms with Gasteiger partial charge < -0.3 is 10.1 Å². The fraction of sp³-hybridized carbons (Fsp3) is 1.00. The molecule has 0 aromatic rings. The zero-order valence-electron chi connectivity index (χ0n) is 9.39. The molecule has 1 saturated carbocycles. The van der Waals surface area contributed by atoms with Gasteiger partial charge in [0.15, 0.2) is 0 Å². The van der Waals surface area contributed by atoms with E-state index in [-0.39, 0.29) is 5.60 Å². The molecule has 0 radical (unpaired) electrons. The third kappa shape index (κ3) is 5.27. The Morgan fingerprint density at radius 1 is 1.38 bits per heavy atom. The quantitative estimate of drug-likeness (QED) is 0.710. The van der Waals surface area contributed by atoms with Gasteiger partial charge in [-0.05, 0) is 40.0 Å². The molecule has 2 heteroatoms. The SMILES string of the molecule is CCC(CNC1CC1)OC(C)(C)C. The Balaban J connectivity index is 2.16. The number of ether oxygens (including phenoxy) is 1. The molecule has 1 unspecified atom stereocenters. The number of hydrogen-bond donors (Lipinski definition) is 1. The highest BCUT2D eigenvalue weighted by Gasteiger charge is 2.23. The summed E-state index contributed by atoms with van der Waals surface area (Å²) in [5.74, 6) is 0. The van der Waals surface area contributed by atoms with Gasteiger partial charge in [-0.25, -0.2) is 0 Å². The van der Waals surface area contributed by atoms with Crippen LogP contribution in [0.25, 0.3) is 0 Å². The van der Waals surface area contributed by atoms with Crippen LogP contribution in [0.2, 0.25) is 0 Å². The van der Waals surface area contributed by atoms with Gasteiger partial charge in [-0.15, -0.1) is 0 Å². The Morgan fingerprint density at radius 3 is 2.38 bits per heavy atom. The smallest absolute Gasteiger partial charge is 0.0704 e. The van der Waals surface area contributed by atoms with Crippen molar-refractivity contribution in [2.24, 2.45) is 0 Å². The summed E-state index contributed by atoms with van der Waals surface area (Å²) < 4.78 is 5.90. The standard InChI is InChI=1S/C11H23NO/c1-5-10(13-11(2,3)4)8-12-9-6-7-9/h9-10,12H,5-8H2,1-4H3. The Morgan fingerprint density at radius 2 is 2.00 bits per heavy atom. The zero-order valence-corrected chi connectivity index (χ0v) is 9.39. The van der Waals surface area contributed by atoms with Crippen LogP contribution >= 0.6 is 0 Å². The zero-order chi connectivity index (χ0) is 9.90. The van der Waals surface area contributed by atoms with Crippen molar-refractivity contribution in [2.45, 2.75) is 64.7 Å². The molecule has 0 aromatic heterocycles. The van der Waals surface area contributed by atoms with Crippen LogP contribution in [0.4, 0.5) is 0 Å². The van der Waals surface area contributed by atoms with Gasteiger partial charge in [0.25, 0.3) is 0 Å². The van der Waals surface area contributed by atoms with E-state index in [1.807, 2.05) is 0 Å². The lowest BCUT2D eigenvalue weighted by molar-refractivity contribution is -0.0598. The van der Waals surface area contributed by atoms with Crippen molar-refractivity contribution in [3.8, 4) is 0 Å². The van der Waals surface area contributed by atoms with Gasteiger partial charge in [-0.1, -0.05) is 6.92 Å². The lowest BCUT2D eigenvalue weighted by Gasteiger charge is -2.27. The largest absolute Gasteiger partial charge is 0.371 e.